The molecule has 0 unspecified atom stereocenters. The number of halogens is 1. The third kappa shape index (κ3) is 8.74. The van der Waals surface area contributed by atoms with E-state index >= 15 is 0 Å². The van der Waals surface area contributed by atoms with Gasteiger partial charge in [-0.2, -0.15) is 0 Å². The van der Waals surface area contributed by atoms with Gasteiger partial charge in [0.25, 0.3) is 10.0 Å². The molecule has 45 heavy (non-hydrogen) atoms. The number of hydrogen-bond acceptors (Lipinski definition) is 4. The smallest absolute Gasteiger partial charge is 0.264 e. The lowest BCUT2D eigenvalue weighted by Crippen LogP contribution is -2.53. The first-order valence-corrected chi connectivity index (χ1v) is 16.9. The molecule has 0 radical (unpaired) electrons. The standard InChI is InChI=1S/C36H40ClN3O4S/c1-4-5-23-38-36(42)34(24-29-14-8-6-9-15-29)39(25-30-19-21-31(37)22-20-30)35(41)26-40(33-18-12-13-27(2)28(33)3)45(43,44)32-16-10-7-11-17-32/h6-22,34H,4-5,23-26H2,1-3H3,(H,38,42)/t34-/m0/s1. The Morgan fingerprint density at radius 2 is 1.47 bits per heavy atom. The molecule has 0 aliphatic heterocycles. The van der Waals surface area contributed by atoms with E-state index in [0.717, 1.165) is 39.4 Å². The summed E-state index contributed by atoms with van der Waals surface area (Å²) in [6, 6.07) is 29.2. The molecule has 7 nitrogen and oxygen atoms in total. The maximum absolute atomic E-state index is 14.6. The lowest BCUT2D eigenvalue weighted by atomic mass is 10.0. The van der Waals surface area contributed by atoms with Crippen LogP contribution in [0.4, 0.5) is 5.69 Å². The highest BCUT2D eigenvalue weighted by atomic mass is 35.5. The molecule has 0 heterocycles. The zero-order chi connectivity index (χ0) is 32.4. The van der Waals surface area contributed by atoms with Crippen molar-refractivity contribution in [2.45, 2.75) is 57.5 Å². The van der Waals surface area contributed by atoms with Crippen LogP contribution in [0.15, 0.2) is 108 Å². The van der Waals surface area contributed by atoms with Crippen LogP contribution >= 0.6 is 11.6 Å². The van der Waals surface area contributed by atoms with Crippen molar-refractivity contribution in [3.05, 3.63) is 130 Å². The van der Waals surface area contributed by atoms with E-state index in [-0.39, 0.29) is 23.8 Å². The summed E-state index contributed by atoms with van der Waals surface area (Å²) in [5, 5.41) is 3.55. The van der Waals surface area contributed by atoms with Crippen molar-refractivity contribution in [1.82, 2.24) is 10.2 Å². The van der Waals surface area contributed by atoms with Crippen molar-refractivity contribution in [1.29, 1.82) is 0 Å². The number of anilines is 1. The Bertz CT molecular complexity index is 1680. The molecule has 2 amide bonds. The van der Waals surface area contributed by atoms with Crippen molar-refractivity contribution in [3.8, 4) is 0 Å². The number of nitrogens with one attached hydrogen (secondary N) is 1. The lowest BCUT2D eigenvalue weighted by Gasteiger charge is -2.34. The van der Waals surface area contributed by atoms with Gasteiger partial charge >= 0.3 is 0 Å². The fraction of sp³-hybridized carbons (Fsp3) is 0.278. The van der Waals surface area contributed by atoms with Gasteiger partial charge in [0, 0.05) is 24.5 Å². The molecular formula is C36H40ClN3O4S. The number of benzene rings is 4. The average Bonchev–Trinajstić information content (AvgIpc) is 3.04. The molecular weight excluding hydrogens is 606 g/mol. The van der Waals surface area contributed by atoms with E-state index in [1.54, 1.807) is 54.6 Å². The van der Waals surface area contributed by atoms with E-state index in [4.69, 9.17) is 11.6 Å². The molecule has 0 fully saturated rings. The Morgan fingerprint density at radius 3 is 2.11 bits per heavy atom. The van der Waals surface area contributed by atoms with Crippen LogP contribution in [0.3, 0.4) is 0 Å². The third-order valence-corrected chi connectivity index (χ3v) is 9.85. The third-order valence-electron chi connectivity index (χ3n) is 7.82. The van der Waals surface area contributed by atoms with Crippen LogP contribution in [0.2, 0.25) is 5.02 Å². The largest absolute Gasteiger partial charge is 0.354 e. The Balaban J connectivity index is 1.81. The highest BCUT2D eigenvalue weighted by Gasteiger charge is 2.35. The fourth-order valence-corrected chi connectivity index (χ4v) is 6.70. The summed E-state index contributed by atoms with van der Waals surface area (Å²) in [6.45, 7) is 5.84. The molecule has 4 aromatic rings. The minimum atomic E-state index is -4.16. The van der Waals surface area contributed by atoms with Crippen molar-refractivity contribution < 1.29 is 18.0 Å². The second-order valence-corrected chi connectivity index (χ2v) is 13.3. The van der Waals surface area contributed by atoms with Gasteiger partial charge < -0.3 is 10.2 Å². The first-order valence-electron chi connectivity index (χ1n) is 15.1. The predicted molar refractivity (Wildman–Crippen MR) is 181 cm³/mol. The zero-order valence-corrected chi connectivity index (χ0v) is 27.5. The number of sulfonamides is 1. The van der Waals surface area contributed by atoms with E-state index in [2.05, 4.69) is 5.32 Å². The van der Waals surface area contributed by atoms with Gasteiger partial charge in [-0.3, -0.25) is 13.9 Å². The van der Waals surface area contributed by atoms with E-state index in [0.29, 0.717) is 17.3 Å². The van der Waals surface area contributed by atoms with Crippen LogP contribution in [0.1, 0.15) is 42.0 Å². The first kappa shape index (κ1) is 33.7. The maximum Gasteiger partial charge on any atom is 0.264 e. The average molecular weight is 646 g/mol. The SMILES string of the molecule is CCCCNC(=O)[C@H](Cc1ccccc1)N(Cc1ccc(Cl)cc1)C(=O)CN(c1cccc(C)c1C)S(=O)(=O)c1ccccc1. The molecule has 0 spiro atoms. The number of hydrogen-bond donors (Lipinski definition) is 1. The topological polar surface area (TPSA) is 86.8 Å². The number of carbonyl (C=O) groups is 2. The van der Waals surface area contributed by atoms with Crippen molar-refractivity contribution in [2.75, 3.05) is 17.4 Å². The molecule has 0 aromatic heterocycles. The minimum Gasteiger partial charge on any atom is -0.354 e. The molecule has 236 valence electrons. The summed E-state index contributed by atoms with van der Waals surface area (Å²) in [5.74, 6) is -0.796. The van der Waals surface area contributed by atoms with Crippen LogP contribution < -0.4 is 9.62 Å². The van der Waals surface area contributed by atoms with E-state index in [1.165, 1.54) is 17.0 Å². The highest BCUT2D eigenvalue weighted by Crippen LogP contribution is 2.29. The normalized spacial score (nSPS) is 11.9. The lowest BCUT2D eigenvalue weighted by molar-refractivity contribution is -0.140. The van der Waals surface area contributed by atoms with E-state index in [9.17, 15) is 18.0 Å². The number of aryl methyl sites for hydroxylation is 1. The van der Waals surface area contributed by atoms with Gasteiger partial charge in [0.15, 0.2) is 0 Å². The molecule has 9 heteroatoms. The number of unbranched alkanes of at least 4 members (excludes halogenated alkanes) is 1. The van der Waals surface area contributed by atoms with Gasteiger partial charge in [0.2, 0.25) is 11.8 Å². The van der Waals surface area contributed by atoms with Gasteiger partial charge in [-0.1, -0.05) is 97.7 Å². The molecule has 0 saturated carbocycles. The van der Waals surface area contributed by atoms with Gasteiger partial charge in [-0.05, 0) is 72.9 Å². The van der Waals surface area contributed by atoms with Gasteiger partial charge in [0.1, 0.15) is 12.6 Å². The molecule has 0 saturated heterocycles. The quantitative estimate of drug-likeness (QED) is 0.155. The van der Waals surface area contributed by atoms with Gasteiger partial charge in [-0.15, -0.1) is 0 Å². The predicted octanol–water partition coefficient (Wildman–Crippen LogP) is 6.71. The summed E-state index contributed by atoms with van der Waals surface area (Å²) in [4.78, 5) is 29.9. The van der Waals surface area contributed by atoms with Gasteiger partial charge in [0.05, 0.1) is 10.6 Å². The van der Waals surface area contributed by atoms with Crippen molar-refractivity contribution >= 4 is 39.1 Å². The summed E-state index contributed by atoms with van der Waals surface area (Å²) in [7, 11) is -4.16. The van der Waals surface area contributed by atoms with E-state index < -0.39 is 28.5 Å². The first-order chi connectivity index (χ1) is 21.6. The Morgan fingerprint density at radius 1 is 0.822 bits per heavy atom. The molecule has 0 aliphatic rings. The summed E-state index contributed by atoms with van der Waals surface area (Å²) in [6.07, 6.45) is 1.96. The molecule has 0 aliphatic carbocycles. The minimum absolute atomic E-state index is 0.0705. The second kappa shape index (κ2) is 15.7. The van der Waals surface area contributed by atoms with Crippen LogP contribution in [0.5, 0.6) is 0 Å². The fourth-order valence-electron chi connectivity index (χ4n) is 5.09. The maximum atomic E-state index is 14.6. The molecule has 4 rings (SSSR count). The number of nitrogens with zero attached hydrogens (tertiary/aromatic N) is 2. The Labute approximate surface area is 271 Å². The molecule has 4 aromatic carbocycles. The second-order valence-electron chi connectivity index (χ2n) is 11.0. The molecule has 1 N–H and O–H groups in total. The van der Waals surface area contributed by atoms with Crippen molar-refractivity contribution in [3.63, 3.8) is 0 Å². The number of carbonyl (C=O) groups excluding carboxylic acids is 2. The zero-order valence-electron chi connectivity index (χ0n) is 25.9. The molecule has 0 bridgehead atoms. The number of amides is 2. The highest BCUT2D eigenvalue weighted by molar-refractivity contribution is 7.92. The van der Waals surface area contributed by atoms with Crippen LogP contribution in [-0.2, 0) is 32.6 Å². The van der Waals surface area contributed by atoms with Crippen molar-refractivity contribution in [2.24, 2.45) is 0 Å². The van der Waals surface area contributed by atoms with Crippen LogP contribution in [0.25, 0.3) is 0 Å². The van der Waals surface area contributed by atoms with Crippen LogP contribution in [0, 0.1) is 13.8 Å². The Hall–Kier alpha value is -4.14. The summed E-state index contributed by atoms with van der Waals surface area (Å²) >= 11 is 6.16. The summed E-state index contributed by atoms with van der Waals surface area (Å²) < 4.78 is 29.5. The molecule has 1 atom stereocenters. The monoisotopic (exact) mass is 645 g/mol. The van der Waals surface area contributed by atoms with E-state index in [1.807, 2.05) is 57.2 Å². The summed E-state index contributed by atoms with van der Waals surface area (Å²) in [5.41, 5.74) is 3.68. The number of rotatable bonds is 14. The Kier molecular flexibility index (Phi) is 11.8. The van der Waals surface area contributed by atoms with Crippen LogP contribution in [-0.4, -0.2) is 44.3 Å². The van der Waals surface area contributed by atoms with Gasteiger partial charge in [-0.25, -0.2) is 8.42 Å².